The van der Waals surface area contributed by atoms with Gasteiger partial charge in [0.1, 0.15) is 0 Å². The lowest BCUT2D eigenvalue weighted by atomic mass is 9.89. The molecule has 21 heavy (non-hydrogen) atoms. The number of nitro groups is 1. The van der Waals surface area contributed by atoms with Crippen LogP contribution in [0.2, 0.25) is 0 Å². The number of hydrogen-bond acceptors (Lipinski definition) is 5. The molecule has 1 amide bonds. The van der Waals surface area contributed by atoms with Gasteiger partial charge in [0.25, 0.3) is 5.69 Å². The number of nitro benzene ring substituents is 1. The van der Waals surface area contributed by atoms with E-state index in [-0.39, 0.29) is 23.8 Å². The zero-order valence-corrected chi connectivity index (χ0v) is 12.1. The number of carbonyl (C=O) groups excluding carboxylic acids is 1. The number of nitrogens with one attached hydrogen (secondary N) is 1. The van der Waals surface area contributed by atoms with Gasteiger partial charge in [0.05, 0.1) is 22.5 Å². The molecule has 1 unspecified atom stereocenters. The molecule has 1 aromatic carbocycles. The van der Waals surface area contributed by atoms with Crippen molar-refractivity contribution in [3.05, 3.63) is 33.9 Å². The second-order valence-electron chi connectivity index (χ2n) is 5.54. The highest BCUT2D eigenvalue weighted by Crippen LogP contribution is 2.35. The molecular formula is C14H19N3O4. The third-order valence-corrected chi connectivity index (χ3v) is 4.04. The number of rotatable bonds is 4. The van der Waals surface area contributed by atoms with Crippen molar-refractivity contribution in [1.82, 2.24) is 5.32 Å². The lowest BCUT2D eigenvalue weighted by molar-refractivity contribution is -0.385. The van der Waals surface area contributed by atoms with E-state index in [1.165, 1.54) is 6.07 Å². The van der Waals surface area contributed by atoms with Gasteiger partial charge in [-0.2, -0.15) is 0 Å². The Labute approximate surface area is 122 Å². The molecule has 1 fully saturated rings. The fraction of sp³-hybridized carbons (Fsp3) is 0.500. The Kier molecular flexibility index (Phi) is 4.13. The first-order valence-corrected chi connectivity index (χ1v) is 6.76. The van der Waals surface area contributed by atoms with E-state index >= 15 is 0 Å². The van der Waals surface area contributed by atoms with Crippen molar-refractivity contribution >= 4 is 17.3 Å². The standard InChI is InChI=1S/C14H19N3O4/c1-14(13(19)15-2)5-6-16(9-14)11-3-4-12(17(20)21)10(7-11)8-18/h3-4,7,18H,5-6,8-9H2,1-2H3,(H,15,19). The van der Waals surface area contributed by atoms with Crippen LogP contribution in [0.15, 0.2) is 18.2 Å². The van der Waals surface area contributed by atoms with Crippen LogP contribution in [0.3, 0.4) is 0 Å². The van der Waals surface area contributed by atoms with Crippen LogP contribution in [0.4, 0.5) is 11.4 Å². The van der Waals surface area contributed by atoms with Gasteiger partial charge in [0.15, 0.2) is 0 Å². The smallest absolute Gasteiger partial charge is 0.275 e. The van der Waals surface area contributed by atoms with E-state index in [1.54, 1.807) is 19.2 Å². The predicted molar refractivity (Wildman–Crippen MR) is 78.0 cm³/mol. The van der Waals surface area contributed by atoms with Crippen LogP contribution < -0.4 is 10.2 Å². The number of carbonyl (C=O) groups is 1. The summed E-state index contributed by atoms with van der Waals surface area (Å²) in [7, 11) is 1.62. The lowest BCUT2D eigenvalue weighted by Crippen LogP contribution is -2.39. The summed E-state index contributed by atoms with van der Waals surface area (Å²) in [6.45, 7) is 2.77. The van der Waals surface area contributed by atoms with Crippen molar-refractivity contribution in [3.63, 3.8) is 0 Å². The maximum Gasteiger partial charge on any atom is 0.275 e. The Hall–Kier alpha value is -2.15. The summed E-state index contributed by atoms with van der Waals surface area (Å²) in [5.74, 6) is -0.00528. The van der Waals surface area contributed by atoms with Crippen LogP contribution in [-0.2, 0) is 11.4 Å². The van der Waals surface area contributed by atoms with Gasteiger partial charge < -0.3 is 15.3 Å². The van der Waals surface area contributed by atoms with Crippen LogP contribution in [0.1, 0.15) is 18.9 Å². The molecule has 0 saturated carbocycles. The van der Waals surface area contributed by atoms with E-state index in [9.17, 15) is 20.0 Å². The van der Waals surface area contributed by atoms with E-state index in [0.29, 0.717) is 13.1 Å². The fourth-order valence-electron chi connectivity index (χ4n) is 2.74. The van der Waals surface area contributed by atoms with Crippen molar-refractivity contribution in [2.24, 2.45) is 5.41 Å². The molecule has 2 N–H and O–H groups in total. The van der Waals surface area contributed by atoms with Gasteiger partial charge in [0, 0.05) is 31.9 Å². The summed E-state index contributed by atoms with van der Waals surface area (Å²) in [5, 5.41) is 22.8. The summed E-state index contributed by atoms with van der Waals surface area (Å²) < 4.78 is 0. The summed E-state index contributed by atoms with van der Waals surface area (Å²) in [6, 6.07) is 4.68. The zero-order valence-electron chi connectivity index (χ0n) is 12.1. The van der Waals surface area contributed by atoms with Gasteiger partial charge in [-0.15, -0.1) is 0 Å². The highest BCUT2D eigenvalue weighted by molar-refractivity contribution is 5.83. The largest absolute Gasteiger partial charge is 0.391 e. The molecule has 1 aliphatic rings. The minimum Gasteiger partial charge on any atom is -0.391 e. The number of hydrogen-bond donors (Lipinski definition) is 2. The van der Waals surface area contributed by atoms with Crippen LogP contribution in [-0.4, -0.2) is 36.1 Å². The van der Waals surface area contributed by atoms with Gasteiger partial charge >= 0.3 is 0 Å². The first-order valence-electron chi connectivity index (χ1n) is 6.76. The van der Waals surface area contributed by atoms with Crippen molar-refractivity contribution in [2.45, 2.75) is 20.0 Å². The van der Waals surface area contributed by atoms with Crippen molar-refractivity contribution in [1.29, 1.82) is 0 Å². The van der Waals surface area contributed by atoms with Crippen LogP contribution >= 0.6 is 0 Å². The Morgan fingerprint density at radius 3 is 2.86 bits per heavy atom. The molecule has 7 heteroatoms. The lowest BCUT2D eigenvalue weighted by Gasteiger charge is -2.24. The van der Waals surface area contributed by atoms with Gasteiger partial charge in [0.2, 0.25) is 5.91 Å². The summed E-state index contributed by atoms with van der Waals surface area (Å²) in [4.78, 5) is 24.3. The van der Waals surface area contributed by atoms with Crippen molar-refractivity contribution < 1.29 is 14.8 Å². The van der Waals surface area contributed by atoms with E-state index in [0.717, 1.165) is 12.1 Å². The Morgan fingerprint density at radius 2 is 2.29 bits per heavy atom. The van der Waals surface area contributed by atoms with Crippen molar-refractivity contribution in [3.8, 4) is 0 Å². The topological polar surface area (TPSA) is 95.7 Å². The Bertz CT molecular complexity index is 575. The zero-order chi connectivity index (χ0) is 15.6. The predicted octanol–water partition coefficient (Wildman–Crippen LogP) is 1.05. The molecule has 7 nitrogen and oxygen atoms in total. The highest BCUT2D eigenvalue weighted by atomic mass is 16.6. The Balaban J connectivity index is 2.24. The third kappa shape index (κ3) is 2.82. The fourth-order valence-corrected chi connectivity index (χ4v) is 2.74. The van der Waals surface area contributed by atoms with Gasteiger partial charge in [-0.25, -0.2) is 0 Å². The number of anilines is 1. The summed E-state index contributed by atoms with van der Waals surface area (Å²) in [5.41, 5.74) is 0.522. The number of aliphatic hydroxyl groups excluding tert-OH is 1. The summed E-state index contributed by atoms with van der Waals surface area (Å²) in [6.07, 6.45) is 0.720. The minimum atomic E-state index is -0.506. The van der Waals surface area contributed by atoms with Gasteiger partial charge in [-0.3, -0.25) is 14.9 Å². The number of amides is 1. The SMILES string of the molecule is CNC(=O)C1(C)CCN(c2ccc([N+](=O)[O-])c(CO)c2)C1. The molecule has 0 aromatic heterocycles. The number of aliphatic hydroxyl groups is 1. The number of nitrogens with zero attached hydrogens (tertiary/aromatic N) is 2. The molecule has 1 aliphatic heterocycles. The van der Waals surface area contributed by atoms with Crippen molar-refractivity contribution in [2.75, 3.05) is 25.0 Å². The average Bonchev–Trinajstić information content (AvgIpc) is 2.89. The molecule has 0 aliphatic carbocycles. The second-order valence-corrected chi connectivity index (χ2v) is 5.54. The molecule has 0 bridgehead atoms. The quantitative estimate of drug-likeness (QED) is 0.639. The second kappa shape index (κ2) is 5.69. The first-order chi connectivity index (χ1) is 9.91. The van der Waals surface area contributed by atoms with Gasteiger partial charge in [-0.1, -0.05) is 0 Å². The monoisotopic (exact) mass is 293 g/mol. The molecule has 1 atom stereocenters. The molecule has 0 radical (unpaired) electrons. The van der Waals surface area contributed by atoms with Crippen LogP contribution in [0.5, 0.6) is 0 Å². The molecule has 0 spiro atoms. The maximum atomic E-state index is 11.9. The molecule has 2 rings (SSSR count). The molecule has 1 aromatic rings. The highest BCUT2D eigenvalue weighted by Gasteiger charge is 2.40. The number of benzene rings is 1. The normalized spacial score (nSPS) is 21.4. The average molecular weight is 293 g/mol. The molecular weight excluding hydrogens is 274 g/mol. The van der Waals surface area contributed by atoms with Crippen LogP contribution in [0, 0.1) is 15.5 Å². The summed E-state index contributed by atoms with van der Waals surface area (Å²) >= 11 is 0. The van der Waals surface area contributed by atoms with Gasteiger partial charge in [-0.05, 0) is 25.5 Å². The molecule has 114 valence electrons. The maximum absolute atomic E-state index is 11.9. The third-order valence-electron chi connectivity index (χ3n) is 4.04. The molecule has 1 saturated heterocycles. The molecule has 1 heterocycles. The van der Waals surface area contributed by atoms with E-state index in [1.807, 2.05) is 11.8 Å². The van der Waals surface area contributed by atoms with E-state index in [2.05, 4.69) is 5.32 Å². The Morgan fingerprint density at radius 1 is 1.57 bits per heavy atom. The minimum absolute atomic E-state index is 0.00528. The van der Waals surface area contributed by atoms with E-state index < -0.39 is 10.3 Å². The van der Waals surface area contributed by atoms with Crippen LogP contribution in [0.25, 0.3) is 0 Å². The van der Waals surface area contributed by atoms with E-state index in [4.69, 9.17) is 0 Å². The first kappa shape index (κ1) is 15.2.